The summed E-state index contributed by atoms with van der Waals surface area (Å²) < 4.78 is 35.8. The monoisotopic (exact) mass is 1150 g/mol. The largest absolute Gasteiger partial charge is 0.508 e. The number of piperazine rings is 1. The minimum Gasteiger partial charge on any atom is -0.508 e. The van der Waals surface area contributed by atoms with Crippen LogP contribution in [0.5, 0.6) is 11.8 Å². The second-order valence-corrected chi connectivity index (χ2v) is 24.7. The summed E-state index contributed by atoms with van der Waals surface area (Å²) in [6.45, 7) is 12.4. The minimum atomic E-state index is -0.890. The second-order valence-electron chi connectivity index (χ2n) is 23.8. The highest BCUT2D eigenvalue weighted by Crippen LogP contribution is 2.44. The average Bonchev–Trinajstić information content (AvgIpc) is 3.35. The summed E-state index contributed by atoms with van der Waals surface area (Å²) in [4.78, 5) is 69.4. The number of amides is 3. The van der Waals surface area contributed by atoms with Gasteiger partial charge in [-0.05, 0) is 111 Å². The number of hydrogen-bond donors (Lipinski definition) is 4. The van der Waals surface area contributed by atoms with E-state index in [2.05, 4.69) is 30.6 Å². The van der Waals surface area contributed by atoms with E-state index >= 15 is 4.39 Å². The Morgan fingerprint density at radius 2 is 1.81 bits per heavy atom. The number of likely N-dealkylation sites (tertiary alicyclic amines) is 1. The number of aliphatic hydroxyl groups is 1. The molecule has 5 fully saturated rings. The van der Waals surface area contributed by atoms with Crippen LogP contribution in [0.1, 0.15) is 113 Å². The number of fused-ring (bicyclic) bond motifs is 5. The third kappa shape index (κ3) is 11.0. The van der Waals surface area contributed by atoms with E-state index in [9.17, 15) is 24.6 Å². The average molecular weight is 1150 g/mol. The highest BCUT2D eigenvalue weighted by atomic mass is 32.1. The number of phenols is 1. The Morgan fingerprint density at radius 1 is 1.01 bits per heavy atom. The fourth-order valence-corrected chi connectivity index (χ4v) is 14.5. The van der Waals surface area contributed by atoms with Crippen molar-refractivity contribution in [1.29, 1.82) is 0 Å². The van der Waals surface area contributed by atoms with E-state index < -0.39 is 30.0 Å². The molecule has 5 aliphatic heterocycles. The molecule has 19 nitrogen and oxygen atoms in total. The maximum atomic E-state index is 17.4. The third-order valence-corrected chi connectivity index (χ3v) is 18.9. The third-order valence-electron chi connectivity index (χ3n) is 17.9. The Morgan fingerprint density at radius 3 is 2.55 bits per heavy atom. The molecule has 0 saturated carbocycles. The van der Waals surface area contributed by atoms with Gasteiger partial charge in [0.1, 0.15) is 59.4 Å². The number of thiazole rings is 1. The molecule has 3 aromatic carbocycles. The summed E-state index contributed by atoms with van der Waals surface area (Å²) in [5, 5.41) is 34.8. The van der Waals surface area contributed by atoms with Crippen molar-refractivity contribution in [3.63, 3.8) is 0 Å². The molecule has 4 aromatic heterocycles. The Hall–Kier alpha value is -7.33. The number of halogens is 1. The van der Waals surface area contributed by atoms with E-state index in [-0.39, 0.29) is 103 Å². The van der Waals surface area contributed by atoms with Gasteiger partial charge < -0.3 is 49.5 Å². The molecule has 9 heterocycles. The molecule has 2 bridgehead atoms. The number of rotatable bonds is 17. The van der Waals surface area contributed by atoms with Crippen molar-refractivity contribution >= 4 is 56.7 Å². The van der Waals surface area contributed by atoms with Crippen molar-refractivity contribution in [1.82, 2.24) is 50.4 Å². The molecule has 0 aliphatic carbocycles. The maximum Gasteiger partial charge on any atom is 0.409 e. The standard InChI is InChI=1S/C62H72FN11O8S/c1-7-37-10-8-11-40-22-45(75)24-47(52(37)40)54-53(63)55-48(26-64-54)57(72-28-41-16-17-42(29-72)67-41)69-60(68-55)81-32-62-19-9-21-74(62)44(18-20-62)31-80-61(79)71(6)27-43-23-50(82-70-43)51(34(2)3)59(78)73-30-46(76)25-49(73)58(77)66-35(4)38-12-14-39(15-13-38)56-36(5)65-33-83-56/h8,10-15,22-24,26,33-35,41-42,44,46,49,51,67,75-76H,7,9,16-21,25,27-32H2,1-6H3,(H,66,77)/t35-,41?,42?,44-,46+,49-,51?,62-/m0/s1. The summed E-state index contributed by atoms with van der Waals surface area (Å²) in [7, 11) is 1.62. The number of nitrogens with zero attached hydrogens (tertiary/aromatic N) is 9. The zero-order valence-corrected chi connectivity index (χ0v) is 48.6. The lowest BCUT2D eigenvalue weighted by Gasteiger charge is -2.35. The van der Waals surface area contributed by atoms with Crippen LogP contribution in [0.2, 0.25) is 0 Å². The van der Waals surface area contributed by atoms with Crippen LogP contribution in [-0.4, -0.2) is 150 Å². The first kappa shape index (κ1) is 56.2. The van der Waals surface area contributed by atoms with Gasteiger partial charge in [0.15, 0.2) is 5.82 Å². The molecular weight excluding hydrogens is 1080 g/mol. The fraction of sp³-hybridized carbons (Fsp3) is 0.484. The Bertz CT molecular complexity index is 3570. The van der Waals surface area contributed by atoms with Gasteiger partial charge in [-0.1, -0.05) is 68.4 Å². The molecule has 0 spiro atoms. The van der Waals surface area contributed by atoms with Gasteiger partial charge in [-0.15, -0.1) is 11.3 Å². The Balaban J connectivity index is 0.691. The molecule has 12 rings (SSSR count). The normalized spacial score (nSPS) is 23.1. The molecule has 8 atom stereocenters. The van der Waals surface area contributed by atoms with Crippen LogP contribution in [0.3, 0.4) is 0 Å². The van der Waals surface area contributed by atoms with E-state index in [1.165, 1.54) is 9.80 Å². The van der Waals surface area contributed by atoms with Crippen LogP contribution < -0.4 is 20.3 Å². The molecule has 4 N–H and O–H groups in total. The zero-order chi connectivity index (χ0) is 57.8. The van der Waals surface area contributed by atoms with Crippen LogP contribution in [0.4, 0.5) is 15.0 Å². The van der Waals surface area contributed by atoms with Crippen molar-refractivity contribution in [2.45, 2.75) is 140 Å². The summed E-state index contributed by atoms with van der Waals surface area (Å²) in [5.41, 5.74) is 6.48. The van der Waals surface area contributed by atoms with Gasteiger partial charge >= 0.3 is 12.1 Å². The number of carbonyl (C=O) groups excluding carboxylic acids is 3. The summed E-state index contributed by atoms with van der Waals surface area (Å²) >= 11 is 1.57. The van der Waals surface area contributed by atoms with Crippen LogP contribution >= 0.6 is 11.3 Å². The van der Waals surface area contributed by atoms with Crippen molar-refractivity contribution in [2.24, 2.45) is 5.92 Å². The lowest BCUT2D eigenvalue weighted by Crippen LogP contribution is -2.51. The number of aliphatic hydroxyl groups excluding tert-OH is 1. The summed E-state index contributed by atoms with van der Waals surface area (Å²) in [6, 6.07) is 18.1. The van der Waals surface area contributed by atoms with Gasteiger partial charge in [0.05, 0.1) is 45.7 Å². The van der Waals surface area contributed by atoms with Gasteiger partial charge in [0, 0.05) is 69.1 Å². The highest BCUT2D eigenvalue weighted by Gasteiger charge is 2.51. The van der Waals surface area contributed by atoms with E-state index in [1.807, 2.05) is 82.6 Å². The smallest absolute Gasteiger partial charge is 0.409 e. The summed E-state index contributed by atoms with van der Waals surface area (Å²) in [6.07, 6.45) is 6.48. The van der Waals surface area contributed by atoms with Gasteiger partial charge in [0.25, 0.3) is 0 Å². The first-order valence-electron chi connectivity index (χ1n) is 29.2. The molecule has 21 heteroatoms. The van der Waals surface area contributed by atoms with Crippen LogP contribution in [0.15, 0.2) is 76.9 Å². The van der Waals surface area contributed by atoms with Gasteiger partial charge in [-0.2, -0.15) is 9.97 Å². The molecule has 3 unspecified atom stereocenters. The molecule has 3 amide bonds. The SMILES string of the molecule is CCc1cccc2cc(O)cc(-c3ncc4c(N5CC6CCC(C5)N6)nc(OC[C@@]56CCCN5[C@H](COC(=O)N(C)Cc5cc(C(C(=O)N7C[C@H](O)C[C@H]7C(=O)N[C@@H](C)c7ccc(-c8scnc8C)cc7)C(C)C)on5)CC6)nc4c3F)c12. The maximum absolute atomic E-state index is 17.4. The van der Waals surface area contributed by atoms with Crippen LogP contribution in [-0.2, 0) is 27.3 Å². The molecule has 5 aliphatic rings. The number of nitrogens with one attached hydrogen (secondary N) is 2. The number of ether oxygens (including phenoxy) is 2. The molecule has 5 saturated heterocycles. The highest BCUT2D eigenvalue weighted by molar-refractivity contribution is 7.13. The predicted molar refractivity (Wildman–Crippen MR) is 312 cm³/mol. The van der Waals surface area contributed by atoms with Crippen molar-refractivity contribution < 1.29 is 43.0 Å². The lowest BCUT2D eigenvalue weighted by atomic mass is 9.91. The minimum absolute atomic E-state index is 0.00159. The predicted octanol–water partition coefficient (Wildman–Crippen LogP) is 8.84. The Labute approximate surface area is 485 Å². The van der Waals surface area contributed by atoms with Crippen molar-refractivity contribution in [2.75, 3.05) is 51.3 Å². The van der Waals surface area contributed by atoms with Crippen LogP contribution in [0.25, 0.3) is 43.4 Å². The fourth-order valence-electron chi connectivity index (χ4n) is 13.7. The number of anilines is 1. The summed E-state index contributed by atoms with van der Waals surface area (Å²) in [5.74, 6) is -1.49. The number of carbonyl (C=O) groups is 3. The first-order chi connectivity index (χ1) is 40.0. The first-order valence-corrected chi connectivity index (χ1v) is 30.1. The Kier molecular flexibility index (Phi) is 15.6. The number of pyridine rings is 1. The number of phenolic OH excluding ortho intramolecular Hbond substituents is 1. The van der Waals surface area contributed by atoms with Crippen molar-refractivity contribution in [3.8, 4) is 33.5 Å². The molecule has 0 radical (unpaired) electrons. The van der Waals surface area contributed by atoms with Crippen molar-refractivity contribution in [3.05, 3.63) is 106 Å². The molecule has 7 aromatic rings. The number of β-amino-alcohol motifs (C(OH)–C–C–N with tert-alkyl or cyclic N) is 1. The van der Waals surface area contributed by atoms with Gasteiger partial charge in [0.2, 0.25) is 11.8 Å². The number of benzene rings is 3. The van der Waals surface area contributed by atoms with E-state index in [1.54, 1.807) is 42.8 Å². The topological polar surface area (TPSA) is 225 Å². The number of aromatic hydroxyl groups is 1. The molecular formula is C62H72FN11O8S. The van der Waals surface area contributed by atoms with Crippen LogP contribution in [0, 0.1) is 18.7 Å². The van der Waals surface area contributed by atoms with Gasteiger partial charge in [-0.3, -0.25) is 19.5 Å². The molecule has 83 heavy (non-hydrogen) atoms. The van der Waals surface area contributed by atoms with Gasteiger partial charge in [-0.25, -0.2) is 14.2 Å². The van der Waals surface area contributed by atoms with E-state index in [0.717, 1.165) is 83.1 Å². The number of aromatic nitrogens is 5. The quantitative estimate of drug-likeness (QED) is 0.0668. The number of aryl methyl sites for hydroxylation is 2. The molecule has 436 valence electrons. The zero-order valence-electron chi connectivity index (χ0n) is 47.8. The number of hydrogen-bond acceptors (Lipinski definition) is 17. The van der Waals surface area contributed by atoms with E-state index in [4.69, 9.17) is 28.9 Å². The lowest BCUT2D eigenvalue weighted by molar-refractivity contribution is -0.141. The second kappa shape index (κ2) is 23.0. The van der Waals surface area contributed by atoms with E-state index in [0.29, 0.717) is 47.7 Å².